The molecule has 0 bridgehead atoms. The first-order valence-electron chi connectivity index (χ1n) is 13.6. The summed E-state index contributed by atoms with van der Waals surface area (Å²) in [7, 11) is 1.47. The molecule has 0 atom stereocenters. The molecule has 2 aromatic rings. The van der Waals surface area contributed by atoms with Crippen molar-refractivity contribution in [3.05, 3.63) is 53.6 Å². The first-order chi connectivity index (χ1) is 16.6. The number of carbonyl (C=O) groups is 1. The van der Waals surface area contributed by atoms with Crippen LogP contribution in [0.3, 0.4) is 0 Å². The third kappa shape index (κ3) is 11.7. The summed E-state index contributed by atoms with van der Waals surface area (Å²) in [5.41, 5.74) is 6.49. The number of unbranched alkanes of at least 4 members (excludes halogenated alkanes) is 12. The second-order valence-electron chi connectivity index (χ2n) is 9.73. The van der Waals surface area contributed by atoms with E-state index in [0.29, 0.717) is 6.42 Å². The molecule has 0 fully saturated rings. The van der Waals surface area contributed by atoms with E-state index >= 15 is 0 Å². The van der Waals surface area contributed by atoms with Gasteiger partial charge >= 0.3 is 5.97 Å². The van der Waals surface area contributed by atoms with Crippen molar-refractivity contribution in [1.29, 1.82) is 0 Å². The maximum absolute atomic E-state index is 11.0. The highest BCUT2D eigenvalue weighted by Gasteiger charge is 2.01. The molecule has 0 aromatic heterocycles. The predicted octanol–water partition coefficient (Wildman–Crippen LogP) is 9.02. The summed E-state index contributed by atoms with van der Waals surface area (Å²) < 4.78 is 4.67. The number of esters is 1. The topological polar surface area (TPSA) is 38.3 Å². The normalized spacial score (nSPS) is 10.9. The molecule has 3 nitrogen and oxygen atoms in total. The standard InChI is InChI=1S/C31H47NO2/c1-26-18-19-29(25-27(26)2)28-20-22-30(23-21-28)32-24-16-14-12-10-8-6-4-5-7-9-11-13-15-17-31(33)34-3/h18-23,25,32H,4-17,24H2,1-3H3. The molecule has 0 aliphatic rings. The lowest BCUT2D eigenvalue weighted by Gasteiger charge is -2.09. The van der Waals surface area contributed by atoms with Crippen LogP contribution in [-0.4, -0.2) is 19.6 Å². The first kappa shape index (κ1) is 28.0. The number of aryl methyl sites for hydroxylation is 2. The lowest BCUT2D eigenvalue weighted by Crippen LogP contribution is -2.01. The fraction of sp³-hybridized carbons (Fsp3) is 0.581. The Bertz CT molecular complexity index is 813. The fourth-order valence-corrected chi connectivity index (χ4v) is 4.38. The van der Waals surface area contributed by atoms with E-state index in [0.717, 1.165) is 19.4 Å². The number of anilines is 1. The minimum atomic E-state index is -0.0739. The van der Waals surface area contributed by atoms with Crippen LogP contribution in [0.5, 0.6) is 0 Å². The second kappa shape index (κ2) is 17.2. The number of hydrogen-bond donors (Lipinski definition) is 1. The van der Waals surface area contributed by atoms with Crippen molar-refractivity contribution in [3.8, 4) is 11.1 Å². The molecule has 2 rings (SSSR count). The number of rotatable bonds is 18. The molecule has 0 aliphatic heterocycles. The van der Waals surface area contributed by atoms with Gasteiger partial charge in [0.15, 0.2) is 0 Å². The lowest BCUT2D eigenvalue weighted by molar-refractivity contribution is -0.140. The van der Waals surface area contributed by atoms with Gasteiger partial charge in [0, 0.05) is 18.7 Å². The quantitative estimate of drug-likeness (QED) is 0.176. The van der Waals surface area contributed by atoms with Gasteiger partial charge in [0.2, 0.25) is 0 Å². The molecule has 0 saturated carbocycles. The highest BCUT2D eigenvalue weighted by molar-refractivity contribution is 5.69. The number of carbonyl (C=O) groups excluding carboxylic acids is 1. The third-order valence-electron chi connectivity index (χ3n) is 6.84. The second-order valence-corrected chi connectivity index (χ2v) is 9.73. The molecule has 188 valence electrons. The van der Waals surface area contributed by atoms with Crippen LogP contribution in [0, 0.1) is 13.8 Å². The minimum Gasteiger partial charge on any atom is -0.469 e. The summed E-state index contributed by atoms with van der Waals surface area (Å²) in [6.45, 7) is 5.40. The Morgan fingerprint density at radius 1 is 0.647 bits per heavy atom. The van der Waals surface area contributed by atoms with E-state index in [9.17, 15) is 4.79 Å². The van der Waals surface area contributed by atoms with Crippen LogP contribution in [-0.2, 0) is 9.53 Å². The number of ether oxygens (including phenoxy) is 1. The third-order valence-corrected chi connectivity index (χ3v) is 6.84. The largest absolute Gasteiger partial charge is 0.469 e. The van der Waals surface area contributed by atoms with Gasteiger partial charge in [-0.2, -0.15) is 0 Å². The minimum absolute atomic E-state index is 0.0739. The molecular weight excluding hydrogens is 418 g/mol. The van der Waals surface area contributed by atoms with E-state index in [2.05, 4.69) is 66.4 Å². The Kier molecular flexibility index (Phi) is 14.1. The van der Waals surface area contributed by atoms with Crippen molar-refractivity contribution in [2.24, 2.45) is 0 Å². The smallest absolute Gasteiger partial charge is 0.305 e. The average Bonchev–Trinajstić information content (AvgIpc) is 2.85. The van der Waals surface area contributed by atoms with E-state index in [1.165, 1.54) is 106 Å². The molecular formula is C31H47NO2. The van der Waals surface area contributed by atoms with Crippen molar-refractivity contribution in [2.45, 2.75) is 104 Å². The van der Waals surface area contributed by atoms with Crippen LogP contribution in [0.15, 0.2) is 42.5 Å². The number of benzene rings is 2. The Balaban J connectivity index is 1.39. The molecule has 0 radical (unpaired) electrons. The van der Waals surface area contributed by atoms with Gasteiger partial charge in [0.05, 0.1) is 7.11 Å². The Hall–Kier alpha value is -2.29. The van der Waals surface area contributed by atoms with Crippen molar-refractivity contribution in [2.75, 3.05) is 19.0 Å². The van der Waals surface area contributed by atoms with Crippen LogP contribution < -0.4 is 5.32 Å². The Morgan fingerprint density at radius 3 is 1.68 bits per heavy atom. The van der Waals surface area contributed by atoms with Gasteiger partial charge < -0.3 is 10.1 Å². The zero-order chi connectivity index (χ0) is 24.4. The summed E-state index contributed by atoms with van der Waals surface area (Å²) in [5, 5.41) is 3.57. The maximum Gasteiger partial charge on any atom is 0.305 e. The van der Waals surface area contributed by atoms with Crippen molar-refractivity contribution in [3.63, 3.8) is 0 Å². The lowest BCUT2D eigenvalue weighted by atomic mass is 10.0. The van der Waals surface area contributed by atoms with Crippen molar-refractivity contribution < 1.29 is 9.53 Å². The van der Waals surface area contributed by atoms with Gasteiger partial charge in [-0.15, -0.1) is 0 Å². The predicted molar refractivity (Wildman–Crippen MR) is 146 cm³/mol. The molecule has 34 heavy (non-hydrogen) atoms. The molecule has 3 heteroatoms. The molecule has 0 heterocycles. The summed E-state index contributed by atoms with van der Waals surface area (Å²) in [6.07, 6.45) is 17.4. The summed E-state index contributed by atoms with van der Waals surface area (Å²) in [6, 6.07) is 15.5. The fourth-order valence-electron chi connectivity index (χ4n) is 4.38. The highest BCUT2D eigenvalue weighted by Crippen LogP contribution is 2.24. The van der Waals surface area contributed by atoms with E-state index in [1.54, 1.807) is 0 Å². The van der Waals surface area contributed by atoms with Crippen LogP contribution in [0.25, 0.3) is 11.1 Å². The van der Waals surface area contributed by atoms with E-state index in [4.69, 9.17) is 0 Å². The Labute approximate surface area is 208 Å². The van der Waals surface area contributed by atoms with Gasteiger partial charge in [-0.05, 0) is 61.1 Å². The molecule has 2 aromatic carbocycles. The first-order valence-corrected chi connectivity index (χ1v) is 13.6. The molecule has 0 unspecified atom stereocenters. The van der Waals surface area contributed by atoms with Gasteiger partial charge in [-0.3, -0.25) is 4.79 Å². The highest BCUT2D eigenvalue weighted by atomic mass is 16.5. The monoisotopic (exact) mass is 465 g/mol. The van der Waals surface area contributed by atoms with E-state index < -0.39 is 0 Å². The molecule has 0 saturated heterocycles. The average molecular weight is 466 g/mol. The van der Waals surface area contributed by atoms with Crippen molar-refractivity contribution >= 4 is 11.7 Å². The van der Waals surface area contributed by atoms with E-state index in [-0.39, 0.29) is 5.97 Å². The van der Waals surface area contributed by atoms with Gasteiger partial charge in [-0.25, -0.2) is 0 Å². The summed E-state index contributed by atoms with van der Waals surface area (Å²) in [5.74, 6) is -0.0739. The maximum atomic E-state index is 11.0. The Morgan fingerprint density at radius 2 is 1.15 bits per heavy atom. The number of hydrogen-bond acceptors (Lipinski definition) is 3. The zero-order valence-electron chi connectivity index (χ0n) is 22.0. The molecule has 0 spiro atoms. The van der Waals surface area contributed by atoms with Crippen molar-refractivity contribution in [1.82, 2.24) is 0 Å². The summed E-state index contributed by atoms with van der Waals surface area (Å²) in [4.78, 5) is 11.0. The van der Waals surface area contributed by atoms with Crippen LogP contribution in [0.4, 0.5) is 5.69 Å². The van der Waals surface area contributed by atoms with Crippen LogP contribution in [0.1, 0.15) is 101 Å². The SMILES string of the molecule is COC(=O)CCCCCCCCCCCCCCCNc1ccc(-c2ccc(C)c(C)c2)cc1. The summed E-state index contributed by atoms with van der Waals surface area (Å²) >= 11 is 0. The zero-order valence-corrected chi connectivity index (χ0v) is 22.0. The molecule has 0 aliphatic carbocycles. The van der Waals surface area contributed by atoms with Gasteiger partial charge in [-0.1, -0.05) is 101 Å². The van der Waals surface area contributed by atoms with Gasteiger partial charge in [0.25, 0.3) is 0 Å². The molecule has 1 N–H and O–H groups in total. The van der Waals surface area contributed by atoms with Crippen LogP contribution in [0.2, 0.25) is 0 Å². The van der Waals surface area contributed by atoms with E-state index in [1.807, 2.05) is 0 Å². The van der Waals surface area contributed by atoms with Gasteiger partial charge in [0.1, 0.15) is 0 Å². The molecule has 0 amide bonds. The van der Waals surface area contributed by atoms with Crippen LogP contribution >= 0.6 is 0 Å². The number of methoxy groups -OCH3 is 1. The number of nitrogens with one attached hydrogen (secondary N) is 1.